The maximum atomic E-state index is 13.6. The van der Waals surface area contributed by atoms with Gasteiger partial charge < -0.3 is 0 Å². The number of Topliss-reactive ketones (excluding diaryl/α,β-unsaturated/α-hetero) is 2. The summed E-state index contributed by atoms with van der Waals surface area (Å²) >= 11 is 3.31. The van der Waals surface area contributed by atoms with Gasteiger partial charge in [0.15, 0.2) is 11.6 Å². The molecular weight excluding hydrogens is 619 g/mol. The molecule has 0 saturated heterocycles. The molecule has 0 unspecified atom stereocenters. The fraction of sp³-hybridized carbons (Fsp3) is 0.175. The normalized spacial score (nSPS) is 19.7. The number of hydrogen-bond donors (Lipinski definition) is 0. The van der Waals surface area contributed by atoms with Crippen LogP contribution in [0.2, 0.25) is 0 Å². The molecule has 2 aromatic heterocycles. The number of carbonyl (C=O) groups excluding carboxylic acids is 2. The number of ketones is 2. The minimum absolute atomic E-state index is 0.0583. The zero-order valence-electron chi connectivity index (χ0n) is 25.4. The van der Waals surface area contributed by atoms with Crippen molar-refractivity contribution in [1.29, 1.82) is 15.8 Å². The van der Waals surface area contributed by atoms with Gasteiger partial charge in [-0.2, -0.15) is 15.8 Å². The Hall–Kier alpha value is -5.39. The predicted molar refractivity (Wildman–Crippen MR) is 185 cm³/mol. The zero-order valence-corrected chi connectivity index (χ0v) is 27.1. The Morgan fingerprint density at radius 3 is 1.64 bits per heavy atom. The molecule has 0 N–H and O–H groups in total. The molecular formula is C40H25N3O2S2. The topological polar surface area (TPSA) is 106 Å². The lowest BCUT2D eigenvalue weighted by atomic mass is 9.68. The lowest BCUT2D eigenvalue weighted by molar-refractivity contribution is 0.103. The Kier molecular flexibility index (Phi) is 6.71. The number of nitriles is 3. The molecule has 4 aliphatic rings. The molecule has 0 bridgehead atoms. The van der Waals surface area contributed by atoms with Gasteiger partial charge in [-0.05, 0) is 66.3 Å². The Morgan fingerprint density at radius 1 is 0.681 bits per heavy atom. The average Bonchev–Trinajstić information content (AvgIpc) is 3.88. The summed E-state index contributed by atoms with van der Waals surface area (Å²) in [7, 11) is 0. The number of benzene rings is 2. The van der Waals surface area contributed by atoms with Gasteiger partial charge in [0.25, 0.3) is 0 Å². The van der Waals surface area contributed by atoms with Gasteiger partial charge in [-0.15, -0.1) is 22.7 Å². The van der Waals surface area contributed by atoms with Crippen molar-refractivity contribution < 1.29 is 9.59 Å². The summed E-state index contributed by atoms with van der Waals surface area (Å²) in [6.45, 7) is 1.77. The molecule has 7 heteroatoms. The molecule has 8 rings (SSSR count). The third kappa shape index (κ3) is 4.16. The van der Waals surface area contributed by atoms with E-state index >= 15 is 0 Å². The van der Waals surface area contributed by atoms with Crippen molar-refractivity contribution in [1.82, 2.24) is 0 Å². The van der Waals surface area contributed by atoms with Crippen molar-refractivity contribution in [3.8, 4) is 28.0 Å². The van der Waals surface area contributed by atoms with E-state index in [4.69, 9.17) is 0 Å². The van der Waals surface area contributed by atoms with Gasteiger partial charge in [0.05, 0.1) is 6.07 Å². The summed E-state index contributed by atoms with van der Waals surface area (Å²) < 4.78 is 0. The number of hydrogen-bond acceptors (Lipinski definition) is 7. The van der Waals surface area contributed by atoms with E-state index < -0.39 is 0 Å². The van der Waals surface area contributed by atoms with E-state index in [1.807, 2.05) is 54.6 Å². The number of nitrogens with zero attached hydrogens (tertiary/aromatic N) is 3. The Bertz CT molecular complexity index is 2350. The summed E-state index contributed by atoms with van der Waals surface area (Å²) in [5, 5.41) is 29.4. The lowest BCUT2D eigenvalue weighted by Crippen LogP contribution is -2.27. The van der Waals surface area contributed by atoms with Crippen LogP contribution in [-0.2, 0) is 5.41 Å². The fourth-order valence-electron chi connectivity index (χ4n) is 7.88. The number of thiophene rings is 2. The Labute approximate surface area is 280 Å². The van der Waals surface area contributed by atoms with Crippen LogP contribution in [0.3, 0.4) is 0 Å². The van der Waals surface area contributed by atoms with Gasteiger partial charge in [-0.3, -0.25) is 9.59 Å². The molecule has 2 aromatic carbocycles. The predicted octanol–water partition coefficient (Wildman–Crippen LogP) is 9.70. The first kappa shape index (κ1) is 29.0. The summed E-state index contributed by atoms with van der Waals surface area (Å²) in [5.74, 6) is -0.235. The number of carbonyl (C=O) groups is 2. The van der Waals surface area contributed by atoms with Crippen LogP contribution in [0.15, 0.2) is 83.0 Å². The Morgan fingerprint density at radius 2 is 1.15 bits per heavy atom. The molecule has 0 atom stereocenters. The van der Waals surface area contributed by atoms with E-state index in [1.165, 1.54) is 27.3 Å². The molecule has 4 aliphatic carbocycles. The van der Waals surface area contributed by atoms with Crippen LogP contribution >= 0.6 is 22.7 Å². The van der Waals surface area contributed by atoms with E-state index in [0.717, 1.165) is 41.0 Å². The highest BCUT2D eigenvalue weighted by molar-refractivity contribution is 7.23. The highest BCUT2D eigenvalue weighted by Crippen LogP contribution is 2.61. The lowest BCUT2D eigenvalue weighted by Gasteiger charge is -2.34. The van der Waals surface area contributed by atoms with Crippen molar-refractivity contribution in [2.45, 2.75) is 44.4 Å². The van der Waals surface area contributed by atoms with Gasteiger partial charge in [-0.25, -0.2) is 0 Å². The maximum Gasteiger partial charge on any atom is 0.194 e. The minimum Gasteiger partial charge on any atom is -0.289 e. The van der Waals surface area contributed by atoms with Crippen molar-refractivity contribution >= 4 is 57.5 Å². The number of rotatable bonds is 2. The summed E-state index contributed by atoms with van der Waals surface area (Å²) in [4.78, 5) is 31.5. The van der Waals surface area contributed by atoms with E-state index in [0.29, 0.717) is 44.6 Å². The monoisotopic (exact) mass is 643 g/mol. The molecule has 5 nitrogen and oxygen atoms in total. The van der Waals surface area contributed by atoms with Crippen LogP contribution in [0.5, 0.6) is 0 Å². The van der Waals surface area contributed by atoms with Gasteiger partial charge in [0, 0.05) is 63.9 Å². The van der Waals surface area contributed by atoms with Crippen molar-refractivity contribution in [3.63, 3.8) is 0 Å². The van der Waals surface area contributed by atoms with Gasteiger partial charge >= 0.3 is 0 Å². The number of allylic oxidation sites excluding steroid dienone is 6. The largest absolute Gasteiger partial charge is 0.289 e. The van der Waals surface area contributed by atoms with E-state index in [1.54, 1.807) is 47.8 Å². The highest BCUT2D eigenvalue weighted by Gasteiger charge is 2.46. The second kappa shape index (κ2) is 10.9. The van der Waals surface area contributed by atoms with Crippen LogP contribution in [-0.4, -0.2) is 11.6 Å². The van der Waals surface area contributed by atoms with Crippen molar-refractivity contribution in [2.75, 3.05) is 0 Å². The molecule has 2 heterocycles. The first-order chi connectivity index (χ1) is 22.9. The summed E-state index contributed by atoms with van der Waals surface area (Å²) in [6, 6.07) is 25.4. The third-order valence-corrected chi connectivity index (χ3v) is 12.3. The maximum absolute atomic E-state index is 13.6. The first-order valence-corrected chi connectivity index (χ1v) is 17.2. The second-order valence-electron chi connectivity index (χ2n) is 12.4. The average molecular weight is 644 g/mol. The fourth-order valence-corrected chi connectivity index (χ4v) is 10.4. The van der Waals surface area contributed by atoms with Gasteiger partial charge in [0.2, 0.25) is 0 Å². The molecule has 0 amide bonds. The third-order valence-electron chi connectivity index (χ3n) is 9.95. The molecule has 224 valence electrons. The van der Waals surface area contributed by atoms with Crippen LogP contribution in [0.1, 0.15) is 91.8 Å². The first-order valence-electron chi connectivity index (χ1n) is 15.6. The molecule has 1 saturated carbocycles. The van der Waals surface area contributed by atoms with Crippen LogP contribution in [0.25, 0.3) is 33.1 Å². The smallest absolute Gasteiger partial charge is 0.194 e. The minimum atomic E-state index is -0.177. The standard InChI is InChI=1S/C40H25N3O2S2/c1-22(19-41)34-26-9-3-5-11-28(26)36(44)30(34)15-24-17-32-38(46-24)39-33(40(32)13-7-2-8-14-40)18-25(47-39)16-31-35(23(20-42)21-43)27-10-4-6-12-29(27)37(31)45/h3-6,9-12,15-18H,2,7-8,13-14H2,1H3/b30-15-,31-16-,34-22?. The summed E-state index contributed by atoms with van der Waals surface area (Å²) in [5.41, 5.74) is 7.52. The molecule has 1 fully saturated rings. The van der Waals surface area contributed by atoms with Crippen LogP contribution in [0.4, 0.5) is 0 Å². The summed E-state index contributed by atoms with van der Waals surface area (Å²) in [6.07, 6.45) is 9.30. The van der Waals surface area contributed by atoms with E-state index in [-0.39, 0.29) is 22.6 Å². The molecule has 1 spiro atoms. The molecule has 47 heavy (non-hydrogen) atoms. The van der Waals surface area contributed by atoms with Crippen LogP contribution in [0, 0.1) is 34.0 Å². The molecule has 0 aliphatic heterocycles. The zero-order chi connectivity index (χ0) is 32.4. The van der Waals surface area contributed by atoms with Crippen LogP contribution < -0.4 is 0 Å². The molecule has 4 aromatic rings. The quantitative estimate of drug-likeness (QED) is 0.160. The number of fused-ring (bicyclic) bond motifs is 7. The Balaban J connectivity index is 1.27. The van der Waals surface area contributed by atoms with E-state index in [2.05, 4.69) is 18.2 Å². The molecule has 0 radical (unpaired) electrons. The SMILES string of the molecule is CC(C#N)=C1/C(=C/c2cc3c(s2)-c2sc(/C=C4\C(=O)c5ccccc5C4=C(C#N)C#N)cc2C32CCCCC2)C(=O)c2ccccc21. The second-order valence-corrected chi connectivity index (χ2v) is 14.5. The van der Waals surface area contributed by atoms with Crippen molar-refractivity contribution in [2.24, 2.45) is 0 Å². The van der Waals surface area contributed by atoms with E-state index in [9.17, 15) is 25.4 Å². The van der Waals surface area contributed by atoms with Gasteiger partial charge in [-0.1, -0.05) is 67.8 Å². The van der Waals surface area contributed by atoms with Gasteiger partial charge in [0.1, 0.15) is 17.7 Å². The van der Waals surface area contributed by atoms with Crippen molar-refractivity contribution in [3.05, 3.63) is 126 Å². The highest BCUT2D eigenvalue weighted by atomic mass is 32.1.